The number of amides is 4. The van der Waals surface area contributed by atoms with Gasteiger partial charge in [0.05, 0.1) is 33.0 Å². The molecule has 3 rings (SSSR count). The minimum atomic E-state index is -0.704. The van der Waals surface area contributed by atoms with Gasteiger partial charge in [-0.15, -0.1) is 0 Å². The van der Waals surface area contributed by atoms with E-state index in [2.05, 4.69) is 10.6 Å². The van der Waals surface area contributed by atoms with Gasteiger partial charge in [0.2, 0.25) is 11.8 Å². The molecule has 1 fully saturated rings. The zero-order valence-electron chi connectivity index (χ0n) is 17.8. The average Bonchev–Trinajstić information content (AvgIpc) is 3.11. The van der Waals surface area contributed by atoms with Crippen molar-refractivity contribution in [3.05, 3.63) is 29.3 Å². The molecule has 1 atom stereocenters. The minimum Gasteiger partial charge on any atom is -0.483 e. The third-order valence-corrected chi connectivity index (χ3v) is 5.10. The monoisotopic (exact) mass is 448 g/mol. The fourth-order valence-electron chi connectivity index (χ4n) is 3.55. The first-order valence-corrected chi connectivity index (χ1v) is 10.5. The lowest BCUT2D eigenvalue weighted by Gasteiger charge is -2.29. The second-order valence-corrected chi connectivity index (χ2v) is 7.33. The average molecular weight is 448 g/mol. The second kappa shape index (κ2) is 11.6. The first-order chi connectivity index (χ1) is 15.5. The van der Waals surface area contributed by atoms with Crippen molar-refractivity contribution in [3.63, 3.8) is 0 Å². The van der Waals surface area contributed by atoms with E-state index in [1.807, 2.05) is 0 Å². The molecule has 1 aromatic carbocycles. The Morgan fingerprint density at radius 1 is 1.16 bits per heavy atom. The Hall–Kier alpha value is -3.02. The van der Waals surface area contributed by atoms with Crippen molar-refractivity contribution < 1.29 is 33.4 Å². The van der Waals surface area contributed by atoms with Gasteiger partial charge in [-0.1, -0.05) is 6.07 Å². The number of ether oxygens (including phenoxy) is 3. The molecule has 1 aromatic rings. The van der Waals surface area contributed by atoms with Gasteiger partial charge in [-0.25, -0.2) is 0 Å². The summed E-state index contributed by atoms with van der Waals surface area (Å²) in [5.74, 6) is -1.02. The summed E-state index contributed by atoms with van der Waals surface area (Å²) >= 11 is 0. The molecule has 0 aliphatic carbocycles. The Bertz CT molecular complexity index is 861. The first kappa shape index (κ1) is 23.6. The Labute approximate surface area is 185 Å². The molecule has 174 valence electrons. The molecule has 0 bridgehead atoms. The van der Waals surface area contributed by atoms with Gasteiger partial charge in [-0.2, -0.15) is 0 Å². The van der Waals surface area contributed by atoms with E-state index >= 15 is 0 Å². The number of carbonyl (C=O) groups excluding carboxylic acids is 4. The molecule has 0 saturated carbocycles. The maximum atomic E-state index is 12.8. The van der Waals surface area contributed by atoms with Crippen LogP contribution in [-0.4, -0.2) is 80.7 Å². The van der Waals surface area contributed by atoms with E-state index in [-0.39, 0.29) is 43.7 Å². The van der Waals surface area contributed by atoms with Crippen molar-refractivity contribution in [2.24, 2.45) is 5.73 Å². The van der Waals surface area contributed by atoms with Crippen LogP contribution in [0.2, 0.25) is 0 Å². The van der Waals surface area contributed by atoms with E-state index in [9.17, 15) is 19.2 Å². The molecule has 0 spiro atoms. The van der Waals surface area contributed by atoms with Crippen LogP contribution in [0.5, 0.6) is 5.75 Å². The summed E-state index contributed by atoms with van der Waals surface area (Å²) in [6, 6.07) is 4.30. The number of nitrogens with zero attached hydrogens (tertiary/aromatic N) is 1. The number of benzene rings is 1. The summed E-state index contributed by atoms with van der Waals surface area (Å²) < 4.78 is 16.2. The maximum Gasteiger partial charge on any atom is 0.258 e. The number of carbonyl (C=O) groups is 4. The number of nitrogens with two attached hydrogens (primary N) is 1. The fourth-order valence-corrected chi connectivity index (χ4v) is 3.55. The summed E-state index contributed by atoms with van der Waals surface area (Å²) in [6.07, 6.45) is 0.467. The number of nitrogens with one attached hydrogen (secondary N) is 2. The lowest BCUT2D eigenvalue weighted by Crippen LogP contribution is -2.52. The number of imide groups is 1. The highest BCUT2D eigenvalue weighted by molar-refractivity contribution is 6.05. The number of piperidine rings is 1. The highest BCUT2D eigenvalue weighted by Gasteiger charge is 2.40. The highest BCUT2D eigenvalue weighted by Crippen LogP contribution is 2.33. The van der Waals surface area contributed by atoms with Gasteiger partial charge in [0.1, 0.15) is 11.8 Å². The first-order valence-electron chi connectivity index (χ1n) is 10.5. The molecule has 11 heteroatoms. The lowest BCUT2D eigenvalue weighted by molar-refractivity contribution is -0.137. The molecule has 0 aromatic heterocycles. The van der Waals surface area contributed by atoms with Crippen LogP contribution in [0.15, 0.2) is 18.2 Å². The summed E-state index contributed by atoms with van der Waals surface area (Å²) in [4.78, 5) is 49.8. The van der Waals surface area contributed by atoms with Crippen LogP contribution in [0.25, 0.3) is 0 Å². The second-order valence-electron chi connectivity index (χ2n) is 7.33. The Balaban J connectivity index is 1.46. The van der Waals surface area contributed by atoms with Gasteiger partial charge in [-0.05, 0) is 18.6 Å². The summed E-state index contributed by atoms with van der Waals surface area (Å²) in [5, 5.41) is 4.96. The van der Waals surface area contributed by atoms with E-state index in [1.54, 1.807) is 18.2 Å². The van der Waals surface area contributed by atoms with Crippen LogP contribution < -0.4 is 21.1 Å². The van der Waals surface area contributed by atoms with Crippen molar-refractivity contribution in [3.8, 4) is 5.75 Å². The predicted octanol–water partition coefficient (Wildman–Crippen LogP) is -1.07. The molecule has 1 unspecified atom stereocenters. The molecule has 4 amide bonds. The Kier molecular flexibility index (Phi) is 8.54. The van der Waals surface area contributed by atoms with Crippen LogP contribution >= 0.6 is 0 Å². The number of rotatable bonds is 12. The Morgan fingerprint density at radius 3 is 2.69 bits per heavy atom. The van der Waals surface area contributed by atoms with Gasteiger partial charge in [0, 0.05) is 30.6 Å². The van der Waals surface area contributed by atoms with Crippen LogP contribution in [-0.2, 0) is 30.4 Å². The zero-order valence-corrected chi connectivity index (χ0v) is 17.8. The van der Waals surface area contributed by atoms with E-state index in [0.717, 1.165) is 0 Å². The highest BCUT2D eigenvalue weighted by atomic mass is 16.5. The van der Waals surface area contributed by atoms with Gasteiger partial charge in [0.15, 0.2) is 6.61 Å². The van der Waals surface area contributed by atoms with Crippen LogP contribution in [0.3, 0.4) is 0 Å². The molecule has 32 heavy (non-hydrogen) atoms. The van der Waals surface area contributed by atoms with Gasteiger partial charge >= 0.3 is 0 Å². The van der Waals surface area contributed by atoms with Crippen molar-refractivity contribution in [2.75, 3.05) is 46.1 Å². The minimum absolute atomic E-state index is 0.179. The van der Waals surface area contributed by atoms with Crippen LogP contribution in [0, 0.1) is 0 Å². The molecular formula is C21H28N4O7. The van der Waals surface area contributed by atoms with E-state index in [1.165, 1.54) is 4.90 Å². The molecule has 11 nitrogen and oxygen atoms in total. The molecule has 4 N–H and O–H groups in total. The predicted molar refractivity (Wildman–Crippen MR) is 112 cm³/mol. The van der Waals surface area contributed by atoms with Gasteiger partial charge < -0.3 is 30.2 Å². The topological polar surface area (TPSA) is 149 Å². The molecule has 1 saturated heterocycles. The number of hydrogen-bond donors (Lipinski definition) is 3. The van der Waals surface area contributed by atoms with Gasteiger partial charge in [-0.3, -0.25) is 24.5 Å². The number of hydrogen-bond acceptors (Lipinski definition) is 8. The van der Waals surface area contributed by atoms with E-state index in [0.29, 0.717) is 56.4 Å². The van der Waals surface area contributed by atoms with E-state index < -0.39 is 11.9 Å². The van der Waals surface area contributed by atoms with Crippen LogP contribution in [0.4, 0.5) is 0 Å². The molecular weight excluding hydrogens is 420 g/mol. The van der Waals surface area contributed by atoms with Crippen molar-refractivity contribution in [1.29, 1.82) is 0 Å². The largest absolute Gasteiger partial charge is 0.483 e. The molecule has 2 aliphatic heterocycles. The van der Waals surface area contributed by atoms with Gasteiger partial charge in [0.25, 0.3) is 11.8 Å². The third kappa shape index (κ3) is 6.02. The smallest absolute Gasteiger partial charge is 0.258 e. The third-order valence-electron chi connectivity index (χ3n) is 5.10. The Morgan fingerprint density at radius 2 is 1.94 bits per heavy atom. The SMILES string of the molecule is NCCOCCOCCNC(=O)COc1cccc2c1CN(C1CCC(=O)NC1=O)C2=O. The van der Waals surface area contributed by atoms with Crippen molar-refractivity contribution in [1.82, 2.24) is 15.5 Å². The number of fused-ring (bicyclic) bond motifs is 1. The van der Waals surface area contributed by atoms with Crippen molar-refractivity contribution in [2.45, 2.75) is 25.4 Å². The molecule has 2 heterocycles. The molecule has 2 aliphatic rings. The van der Waals surface area contributed by atoms with E-state index in [4.69, 9.17) is 19.9 Å². The lowest BCUT2D eigenvalue weighted by atomic mass is 10.0. The summed E-state index contributed by atoms with van der Waals surface area (Å²) in [5.41, 5.74) is 6.36. The van der Waals surface area contributed by atoms with Crippen molar-refractivity contribution >= 4 is 23.6 Å². The zero-order chi connectivity index (χ0) is 22.9. The quantitative estimate of drug-likeness (QED) is 0.270. The fraction of sp³-hybridized carbons (Fsp3) is 0.524. The van der Waals surface area contributed by atoms with Crippen LogP contribution in [0.1, 0.15) is 28.8 Å². The molecule has 0 radical (unpaired) electrons. The summed E-state index contributed by atoms with van der Waals surface area (Å²) in [7, 11) is 0. The standard InChI is InChI=1S/C21H28N4O7/c22-6-8-30-10-11-31-9-7-23-19(27)13-32-17-3-1-2-14-15(17)12-25(21(14)29)16-4-5-18(26)24-20(16)28/h1-3,16H,4-13,22H2,(H,23,27)(H,24,26,28). The maximum absolute atomic E-state index is 12.8. The summed E-state index contributed by atoms with van der Waals surface area (Å²) in [6.45, 7) is 2.44. The normalized spacial score (nSPS) is 17.8.